The molecule has 1 heterocycles. The second-order valence-electron chi connectivity index (χ2n) is 6.29. The summed E-state index contributed by atoms with van der Waals surface area (Å²) < 4.78 is 5.21. The summed E-state index contributed by atoms with van der Waals surface area (Å²) >= 11 is 0. The van der Waals surface area contributed by atoms with E-state index in [1.54, 1.807) is 30.4 Å². The SMILES string of the molecule is O=C(/C=C/c1ccccc1)c1ccc(Nc2cc(=O)oc3ccccc23)cc1. The molecule has 1 aromatic heterocycles. The Morgan fingerprint density at radius 1 is 0.857 bits per heavy atom. The molecular weight excluding hydrogens is 350 g/mol. The Hall–Kier alpha value is -3.92. The number of hydrogen-bond acceptors (Lipinski definition) is 4. The van der Waals surface area contributed by atoms with Crippen LogP contribution in [-0.2, 0) is 0 Å². The third-order valence-corrected chi connectivity index (χ3v) is 4.33. The number of benzene rings is 3. The molecule has 28 heavy (non-hydrogen) atoms. The molecule has 4 aromatic rings. The summed E-state index contributed by atoms with van der Waals surface area (Å²) in [5.74, 6) is -0.0683. The molecule has 4 nitrogen and oxygen atoms in total. The fraction of sp³-hybridized carbons (Fsp3) is 0. The fourth-order valence-electron chi connectivity index (χ4n) is 2.92. The first-order chi connectivity index (χ1) is 13.7. The zero-order valence-corrected chi connectivity index (χ0v) is 15.0. The lowest BCUT2D eigenvalue weighted by molar-refractivity contribution is 0.104. The Morgan fingerprint density at radius 3 is 2.36 bits per heavy atom. The Labute approximate surface area is 161 Å². The summed E-state index contributed by atoms with van der Waals surface area (Å²) in [5, 5.41) is 4.04. The number of ketones is 1. The maximum absolute atomic E-state index is 12.3. The summed E-state index contributed by atoms with van der Waals surface area (Å²) in [6, 6.07) is 25.6. The quantitative estimate of drug-likeness (QED) is 0.290. The molecule has 0 aliphatic heterocycles. The zero-order valence-electron chi connectivity index (χ0n) is 15.0. The van der Waals surface area contributed by atoms with Gasteiger partial charge in [-0.2, -0.15) is 0 Å². The molecule has 1 N–H and O–H groups in total. The smallest absolute Gasteiger partial charge is 0.338 e. The van der Waals surface area contributed by atoms with E-state index in [9.17, 15) is 9.59 Å². The molecule has 0 saturated carbocycles. The fourth-order valence-corrected chi connectivity index (χ4v) is 2.92. The lowest BCUT2D eigenvalue weighted by Gasteiger charge is -2.09. The summed E-state index contributed by atoms with van der Waals surface area (Å²) in [6.45, 7) is 0. The number of fused-ring (bicyclic) bond motifs is 1. The van der Waals surface area contributed by atoms with Gasteiger partial charge in [-0.25, -0.2) is 4.79 Å². The molecular formula is C24H17NO3. The molecule has 4 rings (SSSR count). The Balaban J connectivity index is 1.53. The van der Waals surface area contributed by atoms with E-state index >= 15 is 0 Å². The maximum Gasteiger partial charge on any atom is 0.338 e. The van der Waals surface area contributed by atoms with Crippen molar-refractivity contribution in [3.63, 3.8) is 0 Å². The molecule has 0 atom stereocenters. The van der Waals surface area contributed by atoms with Crippen molar-refractivity contribution >= 4 is 34.2 Å². The van der Waals surface area contributed by atoms with E-state index in [-0.39, 0.29) is 5.78 Å². The van der Waals surface area contributed by atoms with Crippen molar-refractivity contribution in [3.8, 4) is 0 Å². The molecule has 0 aliphatic carbocycles. The molecule has 4 heteroatoms. The first kappa shape index (κ1) is 17.5. The van der Waals surface area contributed by atoms with Crippen LogP contribution >= 0.6 is 0 Å². The van der Waals surface area contributed by atoms with E-state index in [2.05, 4.69) is 5.32 Å². The number of anilines is 2. The highest BCUT2D eigenvalue weighted by Crippen LogP contribution is 2.25. The Kier molecular flexibility index (Phi) is 4.85. The minimum Gasteiger partial charge on any atom is -0.423 e. The van der Waals surface area contributed by atoms with Crippen molar-refractivity contribution < 1.29 is 9.21 Å². The van der Waals surface area contributed by atoms with Crippen LogP contribution in [0.3, 0.4) is 0 Å². The van der Waals surface area contributed by atoms with E-state index in [0.29, 0.717) is 16.8 Å². The topological polar surface area (TPSA) is 59.3 Å². The van der Waals surface area contributed by atoms with Crippen LogP contribution in [0.5, 0.6) is 0 Å². The lowest BCUT2D eigenvalue weighted by atomic mass is 10.1. The van der Waals surface area contributed by atoms with Gasteiger partial charge in [0.15, 0.2) is 5.78 Å². The predicted octanol–water partition coefficient (Wildman–Crippen LogP) is 5.43. The lowest BCUT2D eigenvalue weighted by Crippen LogP contribution is -2.01. The van der Waals surface area contributed by atoms with Gasteiger partial charge < -0.3 is 9.73 Å². The number of carbonyl (C=O) groups is 1. The van der Waals surface area contributed by atoms with Gasteiger partial charge in [0.25, 0.3) is 0 Å². The summed E-state index contributed by atoms with van der Waals surface area (Å²) in [4.78, 5) is 24.1. The Morgan fingerprint density at radius 2 is 1.57 bits per heavy atom. The van der Waals surface area contributed by atoms with Crippen LogP contribution in [0.1, 0.15) is 15.9 Å². The van der Waals surface area contributed by atoms with Crippen LogP contribution in [0.2, 0.25) is 0 Å². The molecule has 0 fully saturated rings. The highest BCUT2D eigenvalue weighted by atomic mass is 16.4. The van der Waals surface area contributed by atoms with Crippen molar-refractivity contribution in [2.24, 2.45) is 0 Å². The standard InChI is InChI=1S/C24H17NO3/c26-22(15-10-17-6-2-1-3-7-17)18-11-13-19(14-12-18)25-21-16-24(27)28-23-9-5-4-8-20(21)23/h1-16,25H/b15-10+. The summed E-state index contributed by atoms with van der Waals surface area (Å²) in [6.07, 6.45) is 3.36. The van der Waals surface area contributed by atoms with Crippen LogP contribution in [-0.4, -0.2) is 5.78 Å². The molecule has 0 spiro atoms. The van der Waals surface area contributed by atoms with Crippen LogP contribution in [0, 0.1) is 0 Å². The number of carbonyl (C=O) groups excluding carboxylic acids is 1. The monoisotopic (exact) mass is 367 g/mol. The van der Waals surface area contributed by atoms with Crippen molar-refractivity contribution in [2.75, 3.05) is 5.32 Å². The Bertz CT molecular complexity index is 1210. The van der Waals surface area contributed by atoms with Crippen molar-refractivity contribution in [2.45, 2.75) is 0 Å². The van der Waals surface area contributed by atoms with Crippen LogP contribution < -0.4 is 10.9 Å². The first-order valence-corrected chi connectivity index (χ1v) is 8.86. The van der Waals surface area contributed by atoms with Crippen molar-refractivity contribution in [3.05, 3.63) is 113 Å². The molecule has 3 aromatic carbocycles. The minimum absolute atomic E-state index is 0.0683. The predicted molar refractivity (Wildman–Crippen MR) is 112 cm³/mol. The van der Waals surface area contributed by atoms with Crippen LogP contribution in [0.15, 0.2) is 100 Å². The van der Waals surface area contributed by atoms with E-state index in [1.807, 2.05) is 60.7 Å². The third kappa shape index (κ3) is 3.91. The number of allylic oxidation sites excluding steroid dienone is 1. The average molecular weight is 367 g/mol. The van der Waals surface area contributed by atoms with Gasteiger partial charge in [-0.15, -0.1) is 0 Å². The average Bonchev–Trinajstić information content (AvgIpc) is 2.73. The number of nitrogens with one attached hydrogen (secondary N) is 1. The molecule has 0 saturated heterocycles. The van der Waals surface area contributed by atoms with Gasteiger partial charge in [-0.3, -0.25) is 4.79 Å². The normalized spacial score (nSPS) is 11.0. The molecule has 0 amide bonds. The second kappa shape index (κ2) is 7.76. The third-order valence-electron chi connectivity index (χ3n) is 4.33. The first-order valence-electron chi connectivity index (χ1n) is 8.86. The van der Waals surface area contributed by atoms with Crippen LogP contribution in [0.4, 0.5) is 11.4 Å². The van der Waals surface area contributed by atoms with E-state index in [0.717, 1.165) is 16.6 Å². The minimum atomic E-state index is -0.418. The largest absolute Gasteiger partial charge is 0.423 e. The van der Waals surface area contributed by atoms with Gasteiger partial charge in [-0.05, 0) is 48.0 Å². The summed E-state index contributed by atoms with van der Waals surface area (Å²) in [7, 11) is 0. The molecule has 136 valence electrons. The van der Waals surface area contributed by atoms with Gasteiger partial charge in [0, 0.05) is 22.7 Å². The van der Waals surface area contributed by atoms with Crippen molar-refractivity contribution in [1.82, 2.24) is 0 Å². The van der Waals surface area contributed by atoms with Gasteiger partial charge in [0.1, 0.15) is 5.58 Å². The van der Waals surface area contributed by atoms with Crippen LogP contribution in [0.25, 0.3) is 17.0 Å². The van der Waals surface area contributed by atoms with E-state index in [1.165, 1.54) is 6.07 Å². The van der Waals surface area contributed by atoms with E-state index in [4.69, 9.17) is 4.42 Å². The molecule has 0 aliphatic rings. The number of hydrogen-bond donors (Lipinski definition) is 1. The highest BCUT2D eigenvalue weighted by molar-refractivity contribution is 6.07. The maximum atomic E-state index is 12.3. The van der Waals surface area contributed by atoms with Crippen molar-refractivity contribution in [1.29, 1.82) is 0 Å². The van der Waals surface area contributed by atoms with Gasteiger partial charge in [0.2, 0.25) is 0 Å². The van der Waals surface area contributed by atoms with Gasteiger partial charge in [-0.1, -0.05) is 48.5 Å². The number of rotatable bonds is 5. The molecule has 0 radical (unpaired) electrons. The van der Waals surface area contributed by atoms with Gasteiger partial charge >= 0.3 is 5.63 Å². The van der Waals surface area contributed by atoms with Gasteiger partial charge in [0.05, 0.1) is 5.69 Å². The second-order valence-corrected chi connectivity index (χ2v) is 6.29. The highest BCUT2D eigenvalue weighted by Gasteiger charge is 2.06. The molecule has 0 bridgehead atoms. The van der Waals surface area contributed by atoms with E-state index < -0.39 is 5.63 Å². The number of para-hydroxylation sites is 1. The summed E-state index contributed by atoms with van der Waals surface area (Å²) in [5.41, 5.74) is 3.11. The molecule has 0 unspecified atom stereocenters. The zero-order chi connectivity index (χ0) is 19.3.